The minimum Gasteiger partial charge on any atom is -0.497 e. The van der Waals surface area contributed by atoms with Gasteiger partial charge in [-0.2, -0.15) is 0 Å². The van der Waals surface area contributed by atoms with Crippen molar-refractivity contribution in [1.29, 1.82) is 0 Å². The van der Waals surface area contributed by atoms with Gasteiger partial charge in [0.2, 0.25) is 0 Å². The lowest BCUT2D eigenvalue weighted by Crippen LogP contribution is -2.30. The maximum absolute atomic E-state index is 13.6. The first-order valence-corrected chi connectivity index (χ1v) is 7.44. The highest BCUT2D eigenvalue weighted by Crippen LogP contribution is 2.25. The van der Waals surface area contributed by atoms with Crippen molar-refractivity contribution in [3.05, 3.63) is 53.8 Å². The highest BCUT2D eigenvalue weighted by molar-refractivity contribution is 5.98. The van der Waals surface area contributed by atoms with Gasteiger partial charge >= 0.3 is 5.97 Å². The zero-order valence-electron chi connectivity index (χ0n) is 14.0. The number of amides is 1. The van der Waals surface area contributed by atoms with Gasteiger partial charge in [-0.25, -0.2) is 9.18 Å². The summed E-state index contributed by atoms with van der Waals surface area (Å²) in [5.74, 6) is -1.20. The van der Waals surface area contributed by atoms with Crippen molar-refractivity contribution in [2.75, 3.05) is 19.5 Å². The van der Waals surface area contributed by atoms with E-state index in [0.717, 1.165) is 0 Å². The van der Waals surface area contributed by atoms with E-state index in [2.05, 4.69) is 5.32 Å². The Hall–Kier alpha value is -3.09. The predicted molar refractivity (Wildman–Crippen MR) is 89.5 cm³/mol. The van der Waals surface area contributed by atoms with Crippen molar-refractivity contribution in [2.24, 2.45) is 0 Å². The Balaban J connectivity index is 2.07. The number of benzene rings is 2. The number of carbonyl (C=O) groups excluding carboxylic acids is 2. The van der Waals surface area contributed by atoms with E-state index in [1.54, 1.807) is 12.1 Å². The summed E-state index contributed by atoms with van der Waals surface area (Å²) in [5, 5.41) is 2.37. The Morgan fingerprint density at radius 3 is 2.44 bits per heavy atom. The SMILES string of the molecule is COc1ccc(C(=O)OC(C)C(=O)Nc2ccccc2F)c(OC)c1. The highest BCUT2D eigenvalue weighted by Gasteiger charge is 2.22. The Morgan fingerprint density at radius 2 is 1.80 bits per heavy atom. The topological polar surface area (TPSA) is 73.9 Å². The summed E-state index contributed by atoms with van der Waals surface area (Å²) in [7, 11) is 2.89. The lowest BCUT2D eigenvalue weighted by molar-refractivity contribution is -0.123. The maximum Gasteiger partial charge on any atom is 0.342 e. The quantitative estimate of drug-likeness (QED) is 0.813. The van der Waals surface area contributed by atoms with Crippen LogP contribution in [-0.2, 0) is 9.53 Å². The van der Waals surface area contributed by atoms with E-state index in [1.165, 1.54) is 51.5 Å². The van der Waals surface area contributed by atoms with Crippen LogP contribution in [0.15, 0.2) is 42.5 Å². The average molecular weight is 347 g/mol. The second-order valence-electron chi connectivity index (χ2n) is 5.08. The van der Waals surface area contributed by atoms with Gasteiger partial charge in [0.05, 0.1) is 19.9 Å². The van der Waals surface area contributed by atoms with Crippen LogP contribution in [0.25, 0.3) is 0 Å². The zero-order valence-corrected chi connectivity index (χ0v) is 14.0. The van der Waals surface area contributed by atoms with E-state index in [4.69, 9.17) is 14.2 Å². The van der Waals surface area contributed by atoms with Crippen LogP contribution in [0.1, 0.15) is 17.3 Å². The third kappa shape index (κ3) is 4.47. The van der Waals surface area contributed by atoms with Crippen molar-refractivity contribution >= 4 is 17.6 Å². The number of ether oxygens (including phenoxy) is 3. The summed E-state index contributed by atoms with van der Waals surface area (Å²) in [6.45, 7) is 1.39. The Morgan fingerprint density at radius 1 is 1.08 bits per heavy atom. The van der Waals surface area contributed by atoms with Crippen LogP contribution in [-0.4, -0.2) is 32.2 Å². The second kappa shape index (κ2) is 8.14. The van der Waals surface area contributed by atoms with Gasteiger partial charge in [0.25, 0.3) is 5.91 Å². The average Bonchev–Trinajstić information content (AvgIpc) is 2.62. The summed E-state index contributed by atoms with van der Waals surface area (Å²) in [5.41, 5.74) is 0.159. The molecular weight excluding hydrogens is 329 g/mol. The van der Waals surface area contributed by atoms with Crippen LogP contribution in [0.2, 0.25) is 0 Å². The van der Waals surface area contributed by atoms with E-state index < -0.39 is 23.8 Å². The van der Waals surface area contributed by atoms with E-state index in [0.29, 0.717) is 5.75 Å². The summed E-state index contributed by atoms with van der Waals surface area (Å²) < 4.78 is 28.9. The number of carbonyl (C=O) groups is 2. The van der Waals surface area contributed by atoms with Crippen molar-refractivity contribution in [1.82, 2.24) is 0 Å². The number of anilines is 1. The smallest absolute Gasteiger partial charge is 0.342 e. The molecule has 7 heteroatoms. The molecule has 0 saturated heterocycles. The number of hydrogen-bond donors (Lipinski definition) is 1. The number of rotatable bonds is 6. The van der Waals surface area contributed by atoms with Crippen molar-refractivity contribution in [3.8, 4) is 11.5 Å². The molecule has 0 aliphatic heterocycles. The van der Waals surface area contributed by atoms with E-state index in [9.17, 15) is 14.0 Å². The monoisotopic (exact) mass is 347 g/mol. The molecule has 2 aromatic carbocycles. The Bertz CT molecular complexity index is 778. The molecule has 0 saturated carbocycles. The molecule has 132 valence electrons. The highest BCUT2D eigenvalue weighted by atomic mass is 19.1. The largest absolute Gasteiger partial charge is 0.497 e. The van der Waals surface area contributed by atoms with Gasteiger partial charge < -0.3 is 19.5 Å². The molecule has 2 aromatic rings. The number of esters is 1. The predicted octanol–water partition coefficient (Wildman–Crippen LogP) is 3.03. The van der Waals surface area contributed by atoms with Crippen LogP contribution in [0.4, 0.5) is 10.1 Å². The summed E-state index contributed by atoms with van der Waals surface area (Å²) in [6, 6.07) is 10.3. The molecule has 1 amide bonds. The van der Waals surface area contributed by atoms with E-state index in [1.807, 2.05) is 0 Å². The van der Waals surface area contributed by atoms with Crippen LogP contribution in [0.3, 0.4) is 0 Å². The lowest BCUT2D eigenvalue weighted by atomic mass is 10.2. The first-order chi connectivity index (χ1) is 12.0. The van der Waals surface area contributed by atoms with E-state index >= 15 is 0 Å². The number of halogens is 1. The van der Waals surface area contributed by atoms with E-state index in [-0.39, 0.29) is 17.0 Å². The fraction of sp³-hybridized carbons (Fsp3) is 0.222. The third-order valence-corrected chi connectivity index (χ3v) is 3.41. The normalized spacial score (nSPS) is 11.4. The van der Waals surface area contributed by atoms with Gasteiger partial charge in [-0.1, -0.05) is 12.1 Å². The van der Waals surface area contributed by atoms with Crippen LogP contribution < -0.4 is 14.8 Å². The Kier molecular flexibility index (Phi) is 5.94. The number of nitrogens with one attached hydrogen (secondary N) is 1. The molecule has 25 heavy (non-hydrogen) atoms. The van der Waals surface area contributed by atoms with Gasteiger partial charge in [0.1, 0.15) is 22.9 Å². The summed E-state index contributed by atoms with van der Waals surface area (Å²) in [6.07, 6.45) is -1.13. The molecule has 0 spiro atoms. The molecule has 0 radical (unpaired) electrons. The van der Waals surface area contributed by atoms with Gasteiger partial charge in [0.15, 0.2) is 6.10 Å². The fourth-order valence-corrected chi connectivity index (χ4v) is 2.04. The first-order valence-electron chi connectivity index (χ1n) is 7.44. The summed E-state index contributed by atoms with van der Waals surface area (Å²) >= 11 is 0. The van der Waals surface area contributed by atoms with Gasteiger partial charge in [-0.3, -0.25) is 4.79 Å². The molecule has 0 fully saturated rings. The first kappa shape index (κ1) is 18.3. The number of hydrogen-bond acceptors (Lipinski definition) is 5. The molecule has 0 aliphatic carbocycles. The maximum atomic E-state index is 13.6. The molecule has 1 N–H and O–H groups in total. The van der Waals surface area contributed by atoms with Crippen molar-refractivity contribution in [3.63, 3.8) is 0 Å². The minimum atomic E-state index is -1.13. The van der Waals surface area contributed by atoms with Crippen molar-refractivity contribution < 1.29 is 28.2 Å². The van der Waals surface area contributed by atoms with Crippen LogP contribution in [0.5, 0.6) is 11.5 Å². The molecule has 2 rings (SSSR count). The molecule has 0 bridgehead atoms. The minimum absolute atomic E-state index is 0.0115. The Labute approximate surface area is 144 Å². The van der Waals surface area contributed by atoms with Crippen LogP contribution in [0, 0.1) is 5.82 Å². The number of para-hydroxylation sites is 1. The third-order valence-electron chi connectivity index (χ3n) is 3.41. The molecule has 0 aliphatic rings. The molecule has 1 atom stereocenters. The van der Waals surface area contributed by atoms with Gasteiger partial charge in [-0.15, -0.1) is 0 Å². The van der Waals surface area contributed by atoms with Crippen LogP contribution >= 0.6 is 0 Å². The number of methoxy groups -OCH3 is 2. The fourth-order valence-electron chi connectivity index (χ4n) is 2.04. The van der Waals surface area contributed by atoms with Gasteiger partial charge in [-0.05, 0) is 31.2 Å². The zero-order chi connectivity index (χ0) is 18.4. The molecule has 0 heterocycles. The van der Waals surface area contributed by atoms with Crippen molar-refractivity contribution in [2.45, 2.75) is 13.0 Å². The summed E-state index contributed by atoms with van der Waals surface area (Å²) in [4.78, 5) is 24.3. The lowest BCUT2D eigenvalue weighted by Gasteiger charge is -2.15. The molecule has 6 nitrogen and oxygen atoms in total. The molecular formula is C18H18FNO5. The van der Waals surface area contributed by atoms with Gasteiger partial charge in [0, 0.05) is 6.07 Å². The second-order valence-corrected chi connectivity index (χ2v) is 5.08. The standard InChI is InChI=1S/C18H18FNO5/c1-11(17(21)20-15-7-5-4-6-14(15)19)25-18(22)13-9-8-12(23-2)10-16(13)24-3/h4-11H,1-3H3,(H,20,21). The molecule has 0 aromatic heterocycles. The molecule has 1 unspecified atom stereocenters.